The van der Waals surface area contributed by atoms with Crippen LogP contribution in [-0.4, -0.2) is 40.9 Å². The number of rotatable bonds is 8. The van der Waals surface area contributed by atoms with Crippen molar-refractivity contribution >= 4 is 34.5 Å². The maximum absolute atomic E-state index is 13.6. The number of carbonyl (C=O) groups is 2. The maximum atomic E-state index is 13.6. The second kappa shape index (κ2) is 11.9. The Morgan fingerprint density at radius 2 is 1.77 bits per heavy atom. The van der Waals surface area contributed by atoms with Crippen molar-refractivity contribution in [1.82, 2.24) is 9.55 Å². The van der Waals surface area contributed by atoms with E-state index in [1.165, 1.54) is 7.11 Å². The van der Waals surface area contributed by atoms with Gasteiger partial charge in [0.15, 0.2) is 0 Å². The minimum Gasteiger partial charge on any atom is -0.468 e. The van der Waals surface area contributed by atoms with Crippen molar-refractivity contribution in [1.29, 1.82) is 0 Å². The Bertz CT molecular complexity index is 1610. The molecule has 7 nitrogen and oxygen atoms in total. The van der Waals surface area contributed by atoms with Crippen molar-refractivity contribution in [3.63, 3.8) is 0 Å². The zero-order chi connectivity index (χ0) is 28.1. The Morgan fingerprint density at radius 1 is 1.00 bits per heavy atom. The van der Waals surface area contributed by atoms with E-state index in [-0.39, 0.29) is 6.61 Å². The molecule has 4 aromatic rings. The van der Waals surface area contributed by atoms with Crippen LogP contribution < -0.4 is 0 Å². The van der Waals surface area contributed by atoms with Crippen LogP contribution in [-0.2, 0) is 25.6 Å². The molecule has 0 spiro atoms. The van der Waals surface area contributed by atoms with Crippen molar-refractivity contribution < 1.29 is 19.1 Å². The van der Waals surface area contributed by atoms with Gasteiger partial charge in [-0.2, -0.15) is 0 Å². The number of methoxy groups -OCH3 is 1. The number of hydrogen-bond donors (Lipinski definition) is 0. The molecule has 2 heterocycles. The number of aromatic nitrogens is 2. The fraction of sp³-hybridized carbons (Fsp3) is 0.212. The van der Waals surface area contributed by atoms with Crippen LogP contribution in [0.4, 0.5) is 0 Å². The van der Waals surface area contributed by atoms with Gasteiger partial charge < -0.3 is 14.0 Å². The van der Waals surface area contributed by atoms with E-state index in [1.807, 2.05) is 71.4 Å². The van der Waals surface area contributed by atoms with E-state index in [0.717, 1.165) is 34.0 Å². The van der Waals surface area contributed by atoms with Crippen LogP contribution in [0, 0.1) is 5.92 Å². The summed E-state index contributed by atoms with van der Waals surface area (Å²) in [5, 5.41) is 1.99. The minimum atomic E-state index is -0.738. The van der Waals surface area contributed by atoms with E-state index in [1.54, 1.807) is 32.4 Å². The first kappa shape index (κ1) is 26.8. The predicted molar refractivity (Wildman–Crippen MR) is 156 cm³/mol. The average molecular weight is 534 g/mol. The molecule has 1 aromatic heterocycles. The lowest BCUT2D eigenvalue weighted by atomic mass is 9.74. The zero-order valence-corrected chi connectivity index (χ0v) is 22.8. The zero-order valence-electron chi connectivity index (χ0n) is 22.8. The summed E-state index contributed by atoms with van der Waals surface area (Å²) in [4.78, 5) is 35.2. The van der Waals surface area contributed by atoms with Crippen molar-refractivity contribution in [2.45, 2.75) is 26.3 Å². The number of carbonyl (C=O) groups excluding carboxylic acids is 2. The van der Waals surface area contributed by atoms with Gasteiger partial charge in [-0.3, -0.25) is 9.79 Å². The standard InChI is InChI=1S/C33H31N3O4/c1-22-29(32(37)39-3)31(28-12-6-10-26-9-4-5-11-27(26)28)30(23(2)35-22)33(38)40-19-7-8-24-13-15-25(16-14-24)20-36-18-17-34-21-36/h4-18,21,29,31H,19-20H2,1-3H3. The lowest BCUT2D eigenvalue weighted by molar-refractivity contribution is -0.143. The van der Waals surface area contributed by atoms with E-state index in [0.29, 0.717) is 17.0 Å². The highest BCUT2D eigenvalue weighted by Gasteiger charge is 2.42. The second-order valence-corrected chi connectivity index (χ2v) is 9.78. The number of nitrogens with zero attached hydrogens (tertiary/aromatic N) is 3. The molecule has 0 fully saturated rings. The van der Waals surface area contributed by atoms with Gasteiger partial charge >= 0.3 is 11.9 Å². The number of esters is 2. The number of hydrogen-bond acceptors (Lipinski definition) is 6. The van der Waals surface area contributed by atoms with Crippen molar-refractivity contribution in [3.05, 3.63) is 119 Å². The molecule has 0 bridgehead atoms. The SMILES string of the molecule is COC(=O)C1C(C)=NC(C)=C(C(=O)OCC=Cc2ccc(Cn3ccnc3)cc2)C1c1cccc2ccccc12. The molecular weight excluding hydrogens is 502 g/mol. The molecule has 3 aromatic carbocycles. The average Bonchev–Trinajstić information content (AvgIpc) is 3.48. The highest BCUT2D eigenvalue weighted by Crippen LogP contribution is 2.42. The summed E-state index contributed by atoms with van der Waals surface area (Å²) in [5.41, 5.74) is 4.54. The van der Waals surface area contributed by atoms with E-state index in [2.05, 4.69) is 22.1 Å². The Labute approximate surface area is 233 Å². The summed E-state index contributed by atoms with van der Waals surface area (Å²) in [6.45, 7) is 4.42. The van der Waals surface area contributed by atoms with E-state index < -0.39 is 23.8 Å². The Morgan fingerprint density at radius 3 is 2.52 bits per heavy atom. The maximum Gasteiger partial charge on any atom is 0.336 e. The Balaban J connectivity index is 1.36. The molecule has 0 saturated heterocycles. The second-order valence-electron chi connectivity index (χ2n) is 9.78. The molecule has 40 heavy (non-hydrogen) atoms. The van der Waals surface area contributed by atoms with Gasteiger partial charge in [-0.25, -0.2) is 9.78 Å². The Kier molecular flexibility index (Phi) is 8.01. The third-order valence-electron chi connectivity index (χ3n) is 7.19. The highest BCUT2D eigenvalue weighted by atomic mass is 16.5. The minimum absolute atomic E-state index is 0.0836. The molecule has 2 unspecified atom stereocenters. The van der Waals surface area contributed by atoms with Crippen molar-refractivity contribution in [2.24, 2.45) is 10.9 Å². The summed E-state index contributed by atoms with van der Waals surface area (Å²) < 4.78 is 12.9. The number of allylic oxidation sites excluding steroid dienone is 1. The van der Waals surface area contributed by atoms with Crippen LogP contribution in [0.2, 0.25) is 0 Å². The van der Waals surface area contributed by atoms with E-state index in [4.69, 9.17) is 9.47 Å². The number of benzene rings is 3. The number of imidazole rings is 1. The Hall–Kier alpha value is -4.78. The van der Waals surface area contributed by atoms with Crippen molar-refractivity contribution in [2.75, 3.05) is 13.7 Å². The van der Waals surface area contributed by atoms with Gasteiger partial charge in [0.2, 0.25) is 0 Å². The molecule has 0 aliphatic carbocycles. The monoisotopic (exact) mass is 533 g/mol. The van der Waals surface area contributed by atoms with E-state index >= 15 is 0 Å². The summed E-state index contributed by atoms with van der Waals surface area (Å²) in [6, 6.07) is 22.0. The van der Waals surface area contributed by atoms with Gasteiger partial charge in [0.05, 0.1) is 19.0 Å². The number of ether oxygens (including phenoxy) is 2. The largest absolute Gasteiger partial charge is 0.468 e. The molecule has 1 aliphatic heterocycles. The van der Waals surface area contributed by atoms with E-state index in [9.17, 15) is 9.59 Å². The third kappa shape index (κ3) is 5.64. The van der Waals surface area contributed by atoms with Gasteiger partial charge in [-0.05, 0) is 47.4 Å². The molecular formula is C33H31N3O4. The molecule has 0 amide bonds. The molecule has 0 N–H and O–H groups in total. The highest BCUT2D eigenvalue weighted by molar-refractivity contribution is 6.08. The van der Waals surface area contributed by atoms with Crippen LogP contribution >= 0.6 is 0 Å². The fourth-order valence-electron chi connectivity index (χ4n) is 5.30. The van der Waals surface area contributed by atoms with Crippen molar-refractivity contribution in [3.8, 4) is 0 Å². The molecule has 1 aliphatic rings. The molecule has 7 heteroatoms. The smallest absolute Gasteiger partial charge is 0.336 e. The first-order chi connectivity index (χ1) is 19.5. The first-order valence-corrected chi connectivity index (χ1v) is 13.2. The van der Waals surface area contributed by atoms with Crippen LogP contribution in [0.15, 0.2) is 108 Å². The number of fused-ring (bicyclic) bond motifs is 1. The summed E-state index contributed by atoms with van der Waals surface area (Å²) in [7, 11) is 1.36. The summed E-state index contributed by atoms with van der Waals surface area (Å²) >= 11 is 0. The molecule has 2 atom stereocenters. The molecule has 202 valence electrons. The van der Waals surface area contributed by atoms with Gasteiger partial charge in [-0.1, -0.05) is 72.8 Å². The molecule has 0 saturated carbocycles. The van der Waals surface area contributed by atoms with Crippen LogP contribution in [0.3, 0.4) is 0 Å². The normalized spacial score (nSPS) is 17.2. The lowest BCUT2D eigenvalue weighted by Crippen LogP contribution is -2.36. The molecule has 5 rings (SSSR count). The first-order valence-electron chi connectivity index (χ1n) is 13.2. The third-order valence-corrected chi connectivity index (χ3v) is 7.19. The topological polar surface area (TPSA) is 82.8 Å². The van der Waals surface area contributed by atoms with Crippen LogP contribution in [0.5, 0.6) is 0 Å². The quantitative estimate of drug-likeness (QED) is 0.261. The fourth-order valence-corrected chi connectivity index (χ4v) is 5.30. The summed E-state index contributed by atoms with van der Waals surface area (Å²) in [6.07, 6.45) is 9.20. The number of aliphatic imine (C=N–C) groups is 1. The molecule has 0 radical (unpaired) electrons. The van der Waals surface area contributed by atoms with Crippen LogP contribution in [0.25, 0.3) is 16.8 Å². The van der Waals surface area contributed by atoms with Gasteiger partial charge in [0, 0.05) is 36.3 Å². The van der Waals surface area contributed by atoms with Gasteiger partial charge in [-0.15, -0.1) is 0 Å². The summed E-state index contributed by atoms with van der Waals surface area (Å²) in [5.74, 6) is -2.26. The van der Waals surface area contributed by atoms with Crippen LogP contribution in [0.1, 0.15) is 36.5 Å². The lowest BCUT2D eigenvalue weighted by Gasteiger charge is -2.32. The predicted octanol–water partition coefficient (Wildman–Crippen LogP) is 5.96. The van der Waals surface area contributed by atoms with Gasteiger partial charge in [0.25, 0.3) is 0 Å². The van der Waals surface area contributed by atoms with Gasteiger partial charge in [0.1, 0.15) is 12.5 Å².